The van der Waals surface area contributed by atoms with Gasteiger partial charge in [-0.3, -0.25) is 0 Å². The Morgan fingerprint density at radius 1 is 0.885 bits per heavy atom. The quantitative estimate of drug-likeness (QED) is 0.509. The zero-order valence-corrected chi connectivity index (χ0v) is 14.5. The summed E-state index contributed by atoms with van der Waals surface area (Å²) in [5.74, 6) is 0.592. The number of rotatable bonds is 3. The highest BCUT2D eigenvalue weighted by atomic mass is 35.5. The predicted molar refractivity (Wildman–Crippen MR) is 103 cm³/mol. The molecule has 1 N–H and O–H groups in total. The van der Waals surface area contributed by atoms with E-state index in [1.54, 1.807) is 0 Å². The number of benzene rings is 3. The maximum Gasteiger partial charge on any atom is 0.204 e. The van der Waals surface area contributed by atoms with Gasteiger partial charge in [-0.2, -0.15) is 5.21 Å². The lowest BCUT2D eigenvalue weighted by Gasteiger charge is -2.09. The summed E-state index contributed by atoms with van der Waals surface area (Å²) in [6.45, 7) is 0.714. The number of aromatic amines is 1. The maximum atomic E-state index is 6.40. The van der Waals surface area contributed by atoms with E-state index in [0.717, 1.165) is 27.1 Å². The summed E-state index contributed by atoms with van der Waals surface area (Å²) in [6, 6.07) is 22.6. The van der Waals surface area contributed by atoms with Crippen LogP contribution in [0, 0.1) is 0 Å². The van der Waals surface area contributed by atoms with Crippen molar-refractivity contribution in [3.8, 4) is 11.4 Å². The van der Waals surface area contributed by atoms with Gasteiger partial charge in [-0.25, -0.2) is 0 Å². The molecule has 0 aliphatic heterocycles. The molecule has 2 aromatic heterocycles. The van der Waals surface area contributed by atoms with Gasteiger partial charge in [0.1, 0.15) is 0 Å². The lowest BCUT2D eigenvalue weighted by atomic mass is 10.1. The summed E-state index contributed by atoms with van der Waals surface area (Å²) in [6.07, 6.45) is 0. The van der Waals surface area contributed by atoms with Gasteiger partial charge in [-0.15, -0.1) is 10.2 Å². The Balaban J connectivity index is 1.75. The van der Waals surface area contributed by atoms with E-state index in [1.807, 2.05) is 24.3 Å². The first-order valence-electron chi connectivity index (χ1n) is 8.29. The second kappa shape index (κ2) is 5.97. The molecule has 0 unspecified atom stereocenters. The van der Waals surface area contributed by atoms with Gasteiger partial charge in [0.05, 0.1) is 0 Å². The minimum Gasteiger partial charge on any atom is -0.336 e. The zero-order chi connectivity index (χ0) is 17.5. The number of aromatic nitrogens is 5. The molecular formula is C20H14ClN5. The van der Waals surface area contributed by atoms with Crippen molar-refractivity contribution in [3.63, 3.8) is 0 Å². The number of tetrazole rings is 1. The Morgan fingerprint density at radius 2 is 1.69 bits per heavy atom. The lowest BCUT2D eigenvalue weighted by molar-refractivity contribution is 0.869. The minimum atomic E-state index is 0.592. The molecule has 0 bridgehead atoms. The van der Waals surface area contributed by atoms with E-state index in [2.05, 4.69) is 67.7 Å². The molecule has 3 aromatic carbocycles. The first kappa shape index (κ1) is 15.1. The van der Waals surface area contributed by atoms with E-state index in [4.69, 9.17) is 11.6 Å². The monoisotopic (exact) mass is 359 g/mol. The molecule has 0 saturated heterocycles. The lowest BCUT2D eigenvalue weighted by Crippen LogP contribution is -1.99. The molecule has 6 heteroatoms. The second-order valence-corrected chi connectivity index (χ2v) is 6.57. The Kier molecular flexibility index (Phi) is 3.47. The molecule has 5 aromatic rings. The fourth-order valence-corrected chi connectivity index (χ4v) is 3.64. The molecule has 0 saturated carbocycles. The highest BCUT2D eigenvalue weighted by molar-refractivity contribution is 6.31. The van der Waals surface area contributed by atoms with Gasteiger partial charge in [-0.1, -0.05) is 48.0 Å². The van der Waals surface area contributed by atoms with Crippen molar-refractivity contribution in [2.45, 2.75) is 6.54 Å². The molecule has 0 radical (unpaired) electrons. The van der Waals surface area contributed by atoms with E-state index in [0.29, 0.717) is 12.4 Å². The number of nitrogens with zero attached hydrogens (tertiary/aromatic N) is 4. The van der Waals surface area contributed by atoms with Crippen LogP contribution in [-0.2, 0) is 6.54 Å². The van der Waals surface area contributed by atoms with E-state index in [1.165, 1.54) is 10.9 Å². The van der Waals surface area contributed by atoms with Gasteiger partial charge in [0, 0.05) is 38.9 Å². The van der Waals surface area contributed by atoms with Crippen LogP contribution in [0.4, 0.5) is 0 Å². The summed E-state index contributed by atoms with van der Waals surface area (Å²) in [7, 11) is 0. The number of hydrogen-bond acceptors (Lipinski definition) is 3. The molecule has 0 aliphatic carbocycles. The minimum absolute atomic E-state index is 0.592. The van der Waals surface area contributed by atoms with Gasteiger partial charge in [-0.05, 0) is 41.1 Å². The van der Waals surface area contributed by atoms with Crippen molar-refractivity contribution in [1.29, 1.82) is 0 Å². The van der Waals surface area contributed by atoms with Crippen LogP contribution < -0.4 is 0 Å². The highest BCUT2D eigenvalue weighted by Gasteiger charge is 2.13. The third kappa shape index (κ3) is 2.36. The topological polar surface area (TPSA) is 59.4 Å². The van der Waals surface area contributed by atoms with Crippen molar-refractivity contribution in [3.05, 3.63) is 77.3 Å². The van der Waals surface area contributed by atoms with Gasteiger partial charge in [0.15, 0.2) is 0 Å². The van der Waals surface area contributed by atoms with Gasteiger partial charge >= 0.3 is 0 Å². The first-order chi connectivity index (χ1) is 12.8. The van der Waals surface area contributed by atoms with Crippen LogP contribution in [0.25, 0.3) is 33.2 Å². The van der Waals surface area contributed by atoms with Gasteiger partial charge in [0.25, 0.3) is 0 Å². The van der Waals surface area contributed by atoms with Gasteiger partial charge < -0.3 is 4.57 Å². The molecule has 26 heavy (non-hydrogen) atoms. The van der Waals surface area contributed by atoms with Crippen LogP contribution in [-0.4, -0.2) is 25.2 Å². The first-order valence-corrected chi connectivity index (χ1v) is 8.67. The Labute approximate surface area is 154 Å². The average molecular weight is 360 g/mol. The maximum absolute atomic E-state index is 6.40. The molecule has 126 valence electrons. The number of nitrogens with one attached hydrogen (secondary N) is 1. The molecule has 0 atom stereocenters. The van der Waals surface area contributed by atoms with Crippen LogP contribution in [0.2, 0.25) is 5.02 Å². The van der Waals surface area contributed by atoms with E-state index >= 15 is 0 Å². The van der Waals surface area contributed by atoms with Crippen molar-refractivity contribution in [2.75, 3.05) is 0 Å². The van der Waals surface area contributed by atoms with E-state index in [9.17, 15) is 0 Å². The van der Waals surface area contributed by atoms with Crippen LogP contribution >= 0.6 is 11.6 Å². The predicted octanol–water partition coefficient (Wildman–Crippen LogP) is 4.68. The van der Waals surface area contributed by atoms with Crippen LogP contribution in [0.15, 0.2) is 66.7 Å². The van der Waals surface area contributed by atoms with Crippen LogP contribution in [0.1, 0.15) is 5.56 Å². The Hall–Kier alpha value is -3.18. The van der Waals surface area contributed by atoms with Crippen LogP contribution in [0.5, 0.6) is 0 Å². The zero-order valence-electron chi connectivity index (χ0n) is 13.7. The van der Waals surface area contributed by atoms with E-state index in [-0.39, 0.29) is 0 Å². The van der Waals surface area contributed by atoms with Crippen molar-refractivity contribution < 1.29 is 0 Å². The average Bonchev–Trinajstić information content (AvgIpc) is 3.31. The molecule has 5 nitrogen and oxygen atoms in total. The Morgan fingerprint density at radius 3 is 2.54 bits per heavy atom. The summed E-state index contributed by atoms with van der Waals surface area (Å²) in [4.78, 5) is 0. The molecule has 0 fully saturated rings. The largest absolute Gasteiger partial charge is 0.336 e. The normalized spacial score (nSPS) is 11.4. The fraction of sp³-hybridized carbons (Fsp3) is 0.0500. The number of para-hydroxylation sites is 1. The Bertz CT molecular complexity index is 1220. The number of hydrogen-bond donors (Lipinski definition) is 1. The van der Waals surface area contributed by atoms with Crippen LogP contribution in [0.3, 0.4) is 0 Å². The molecule has 2 heterocycles. The van der Waals surface area contributed by atoms with Crippen molar-refractivity contribution >= 4 is 33.4 Å². The molecule has 0 spiro atoms. The molecule has 0 amide bonds. The second-order valence-electron chi connectivity index (χ2n) is 6.16. The highest BCUT2D eigenvalue weighted by Crippen LogP contribution is 2.32. The summed E-state index contributed by atoms with van der Waals surface area (Å²) in [5, 5.41) is 17.5. The fourth-order valence-electron chi connectivity index (χ4n) is 3.44. The smallest absolute Gasteiger partial charge is 0.204 e. The van der Waals surface area contributed by atoms with Crippen molar-refractivity contribution in [1.82, 2.24) is 25.2 Å². The SMILES string of the molecule is Clc1ccccc1Cn1c2ccccc2c2cc(-c3nn[nH]n3)ccc21. The number of halogens is 1. The van der Waals surface area contributed by atoms with E-state index < -0.39 is 0 Å². The van der Waals surface area contributed by atoms with Gasteiger partial charge in [0.2, 0.25) is 5.82 Å². The summed E-state index contributed by atoms with van der Waals surface area (Å²) >= 11 is 6.40. The third-order valence-electron chi connectivity index (χ3n) is 4.66. The molecule has 5 rings (SSSR count). The summed E-state index contributed by atoms with van der Waals surface area (Å²) < 4.78 is 2.30. The number of H-pyrrole nitrogens is 1. The standard InChI is InChI=1S/C20H14ClN5/c21-17-7-3-1-5-14(17)12-26-18-8-4-2-6-15(18)16-11-13(9-10-19(16)26)20-22-24-25-23-20/h1-11H,12H2,(H,22,23,24,25). The molecule has 0 aliphatic rings. The third-order valence-corrected chi connectivity index (χ3v) is 5.03. The van der Waals surface area contributed by atoms with Crippen molar-refractivity contribution in [2.24, 2.45) is 0 Å². The molecular weight excluding hydrogens is 346 g/mol. The number of fused-ring (bicyclic) bond motifs is 3. The summed E-state index contributed by atoms with van der Waals surface area (Å²) in [5.41, 5.74) is 4.36.